The standard InChI is InChI=1S/2C8H17.C2H2O4.Sn/c2*1-3-5-7-8-6-4-2;3-1(4)2(5)6;/h2*1,3-8H2,2H3;(H,3,4)(H,5,6);/q;;;+2/p-2. The molecule has 0 unspecified atom stereocenters. The molecule has 0 saturated carbocycles. The Morgan fingerprint density at radius 1 is 0.609 bits per heavy atom. The van der Waals surface area contributed by atoms with Crippen molar-refractivity contribution < 1.29 is 19.8 Å². The normalized spacial score (nSPS) is 9.65. The molecule has 134 valence electrons. The van der Waals surface area contributed by atoms with Gasteiger partial charge < -0.3 is 19.8 Å². The fraction of sp³-hybridized carbons (Fsp3) is 0.889. The van der Waals surface area contributed by atoms with E-state index in [1.165, 1.54) is 64.2 Å². The number of hydrogen-bond acceptors (Lipinski definition) is 4. The van der Waals surface area contributed by atoms with E-state index in [2.05, 4.69) is 13.8 Å². The third-order valence-electron chi connectivity index (χ3n) is 3.58. The van der Waals surface area contributed by atoms with Gasteiger partial charge in [0.1, 0.15) is 0 Å². The first-order valence-corrected chi connectivity index (χ1v) is 13.2. The van der Waals surface area contributed by atoms with Crippen molar-refractivity contribution in [2.24, 2.45) is 0 Å². The molecule has 23 heavy (non-hydrogen) atoms. The van der Waals surface area contributed by atoms with Crippen LogP contribution in [0.5, 0.6) is 0 Å². The van der Waals surface area contributed by atoms with Gasteiger partial charge in [-0.15, -0.1) is 0 Å². The number of carbonyl (C=O) groups is 2. The number of carbonyl (C=O) groups excluding carboxylic acids is 2. The first-order valence-electron chi connectivity index (χ1n) is 9.19. The van der Waals surface area contributed by atoms with Crippen molar-refractivity contribution in [1.29, 1.82) is 0 Å². The van der Waals surface area contributed by atoms with Crippen LogP contribution in [0.2, 0.25) is 8.87 Å². The molecule has 0 heterocycles. The van der Waals surface area contributed by atoms with Crippen LogP contribution < -0.4 is 10.2 Å². The number of hydrogen-bond donors (Lipinski definition) is 0. The molecule has 0 aromatic heterocycles. The van der Waals surface area contributed by atoms with Gasteiger partial charge in [-0.1, -0.05) is 0 Å². The van der Waals surface area contributed by atoms with Crippen LogP contribution in [-0.4, -0.2) is 33.1 Å². The van der Waals surface area contributed by atoms with Gasteiger partial charge in [-0.05, 0) is 0 Å². The van der Waals surface area contributed by atoms with Crippen molar-refractivity contribution in [3.05, 3.63) is 0 Å². The molecule has 0 spiro atoms. The Balaban J connectivity index is 0. The summed E-state index contributed by atoms with van der Waals surface area (Å²) in [4.78, 5) is 17.9. The minimum Gasteiger partial charge on any atom is -0.543 e. The van der Waals surface area contributed by atoms with Gasteiger partial charge in [0.2, 0.25) is 0 Å². The Bertz CT molecular complexity index is 244. The third-order valence-corrected chi connectivity index (χ3v) is 7.62. The van der Waals surface area contributed by atoms with E-state index in [-0.39, 0.29) is 21.1 Å². The number of aliphatic carboxylic acids is 2. The predicted octanol–water partition coefficient (Wildman–Crippen LogP) is 2.73. The van der Waals surface area contributed by atoms with Crippen LogP contribution in [-0.2, 0) is 9.59 Å². The maximum Gasteiger partial charge on any atom is 0.0870 e. The van der Waals surface area contributed by atoms with E-state index in [0.717, 1.165) is 0 Å². The largest absolute Gasteiger partial charge is 0.543 e. The molecule has 0 radical (unpaired) electrons. The molecule has 0 aromatic rings. The van der Waals surface area contributed by atoms with E-state index < -0.39 is 11.9 Å². The van der Waals surface area contributed by atoms with E-state index in [1.807, 2.05) is 0 Å². The molecule has 4 nitrogen and oxygen atoms in total. The maximum atomic E-state index is 8.93. The van der Waals surface area contributed by atoms with E-state index in [1.54, 1.807) is 21.7 Å². The summed E-state index contributed by atoms with van der Waals surface area (Å²) in [6.07, 6.45) is 17.8. The second-order valence-corrected chi connectivity index (χ2v) is 10.1. The van der Waals surface area contributed by atoms with Crippen LogP contribution in [0.15, 0.2) is 0 Å². The van der Waals surface area contributed by atoms with Crippen LogP contribution in [0.3, 0.4) is 0 Å². The minimum atomic E-state index is -2.19. The molecule has 0 N–H and O–H groups in total. The Morgan fingerprint density at radius 3 is 1.22 bits per heavy atom. The maximum absolute atomic E-state index is 8.93. The van der Waals surface area contributed by atoms with Gasteiger partial charge in [-0.2, -0.15) is 0 Å². The number of rotatable bonds is 14. The molecular weight excluding hydrogens is 399 g/mol. The second kappa shape index (κ2) is 21.7. The van der Waals surface area contributed by atoms with Gasteiger partial charge in [-0.25, -0.2) is 0 Å². The molecule has 0 aliphatic carbocycles. The quantitative estimate of drug-likeness (QED) is 0.240. The number of unbranched alkanes of at least 4 members (excludes halogenated alkanes) is 10. The monoisotopic (exact) mass is 434 g/mol. The smallest absolute Gasteiger partial charge is 0.0870 e. The van der Waals surface area contributed by atoms with Crippen LogP contribution in [0, 0.1) is 0 Å². The van der Waals surface area contributed by atoms with Crippen molar-refractivity contribution in [3.63, 3.8) is 0 Å². The Hall–Kier alpha value is -0.261. The molecule has 0 bridgehead atoms. The molecule has 0 fully saturated rings. The van der Waals surface area contributed by atoms with E-state index >= 15 is 0 Å². The van der Waals surface area contributed by atoms with Crippen LogP contribution in [0.1, 0.15) is 90.9 Å². The average Bonchev–Trinajstić information content (AvgIpc) is 2.52. The zero-order valence-corrected chi connectivity index (χ0v) is 17.9. The summed E-state index contributed by atoms with van der Waals surface area (Å²) < 4.78 is 3.31. The fourth-order valence-corrected chi connectivity index (χ4v) is 5.75. The van der Waals surface area contributed by atoms with Crippen LogP contribution in [0.25, 0.3) is 0 Å². The first kappa shape index (κ1) is 25.0. The predicted molar refractivity (Wildman–Crippen MR) is 92.1 cm³/mol. The zero-order chi connectivity index (χ0) is 17.8. The molecule has 0 aromatic carbocycles. The second-order valence-electron chi connectivity index (χ2n) is 5.86. The zero-order valence-electron chi connectivity index (χ0n) is 15.0. The molecule has 0 aliphatic rings. The summed E-state index contributed by atoms with van der Waals surface area (Å²) >= 11 is 0.0736. The van der Waals surface area contributed by atoms with Gasteiger partial charge in [0, 0.05) is 0 Å². The van der Waals surface area contributed by atoms with Gasteiger partial charge in [0.05, 0.1) is 11.9 Å². The third kappa shape index (κ3) is 26.9. The van der Waals surface area contributed by atoms with Gasteiger partial charge >= 0.3 is 121 Å². The Kier molecular flexibility index (Phi) is 23.6. The molecule has 0 atom stereocenters. The summed E-state index contributed by atoms with van der Waals surface area (Å²) in [7, 11) is 0. The first-order chi connectivity index (χ1) is 11.1. The van der Waals surface area contributed by atoms with Crippen molar-refractivity contribution in [2.75, 3.05) is 0 Å². The molecular formula is C18H34O4Sn. The van der Waals surface area contributed by atoms with Crippen molar-refractivity contribution in [1.82, 2.24) is 0 Å². The minimum absolute atomic E-state index is 0.0736. The SMILES string of the molecule is CCCCCCC[CH2][Sn+2][CH2]CCCCCCC.O=C([O-])C(=O)[O-]. The van der Waals surface area contributed by atoms with Gasteiger partial charge in [-0.3, -0.25) is 0 Å². The molecule has 0 saturated heterocycles. The van der Waals surface area contributed by atoms with E-state index in [0.29, 0.717) is 0 Å². The topological polar surface area (TPSA) is 80.3 Å². The molecule has 0 rings (SSSR count). The van der Waals surface area contributed by atoms with E-state index in [9.17, 15) is 0 Å². The Labute approximate surface area is 152 Å². The number of carboxylic acid groups (broad SMARTS) is 2. The summed E-state index contributed by atoms with van der Waals surface area (Å²) in [5.41, 5.74) is 0. The van der Waals surface area contributed by atoms with E-state index in [4.69, 9.17) is 19.8 Å². The summed E-state index contributed by atoms with van der Waals surface area (Å²) in [5.74, 6) is -4.37. The van der Waals surface area contributed by atoms with Crippen LogP contribution in [0.4, 0.5) is 0 Å². The van der Waals surface area contributed by atoms with Crippen LogP contribution >= 0.6 is 0 Å². The molecule has 0 aliphatic heterocycles. The number of carboxylic acids is 2. The molecule has 0 amide bonds. The average molecular weight is 433 g/mol. The van der Waals surface area contributed by atoms with Gasteiger partial charge in [0.15, 0.2) is 0 Å². The summed E-state index contributed by atoms with van der Waals surface area (Å²) in [5, 5.41) is 17.9. The summed E-state index contributed by atoms with van der Waals surface area (Å²) in [6.45, 7) is 4.60. The van der Waals surface area contributed by atoms with Crippen molar-refractivity contribution in [3.8, 4) is 0 Å². The fourth-order valence-electron chi connectivity index (χ4n) is 2.19. The van der Waals surface area contributed by atoms with Crippen molar-refractivity contribution in [2.45, 2.75) is 99.8 Å². The Morgan fingerprint density at radius 2 is 0.913 bits per heavy atom. The van der Waals surface area contributed by atoms with Gasteiger partial charge in [0.25, 0.3) is 0 Å². The summed E-state index contributed by atoms with van der Waals surface area (Å²) in [6, 6.07) is 0. The molecule has 5 heteroatoms. The van der Waals surface area contributed by atoms with Crippen molar-refractivity contribution >= 4 is 33.1 Å².